The molecule has 0 saturated carbocycles. The van der Waals surface area contributed by atoms with E-state index in [-0.39, 0.29) is 10.7 Å². The van der Waals surface area contributed by atoms with Crippen LogP contribution in [0.3, 0.4) is 0 Å². The summed E-state index contributed by atoms with van der Waals surface area (Å²) >= 11 is 5.16. The second-order valence-electron chi connectivity index (χ2n) is 5.29. The van der Waals surface area contributed by atoms with Crippen molar-refractivity contribution in [1.29, 1.82) is 0 Å². The summed E-state index contributed by atoms with van der Waals surface area (Å²) in [5.41, 5.74) is 0.692. The van der Waals surface area contributed by atoms with Crippen LogP contribution in [0.25, 0.3) is 0 Å². The fourth-order valence-electron chi connectivity index (χ4n) is 2.15. The molecule has 130 valence electrons. The molecule has 0 fully saturated rings. The first-order valence-electron chi connectivity index (χ1n) is 7.74. The van der Waals surface area contributed by atoms with Crippen molar-refractivity contribution in [2.24, 2.45) is 0 Å². The molecule has 0 aliphatic carbocycles. The van der Waals surface area contributed by atoms with Crippen molar-refractivity contribution in [3.63, 3.8) is 0 Å². The van der Waals surface area contributed by atoms with E-state index < -0.39 is 5.91 Å². The maximum Gasteiger partial charge on any atom is 0.258 e. The first kappa shape index (κ1) is 17.4. The number of aromatic amines is 1. The number of thiocarbonyl (C=S) groups is 1. The lowest BCUT2D eigenvalue weighted by atomic mass is 10.2. The van der Waals surface area contributed by atoms with E-state index in [1.54, 1.807) is 12.1 Å². The van der Waals surface area contributed by atoms with Crippen LogP contribution in [0, 0.1) is 0 Å². The van der Waals surface area contributed by atoms with Gasteiger partial charge in [0.05, 0.1) is 5.56 Å². The van der Waals surface area contributed by atoms with Crippen LogP contribution in [0.15, 0.2) is 77.7 Å². The van der Waals surface area contributed by atoms with Crippen LogP contribution < -0.4 is 20.9 Å². The molecular formula is C19H15N3O3S. The zero-order valence-corrected chi connectivity index (χ0v) is 14.4. The molecule has 3 N–H and O–H groups in total. The SMILES string of the molecule is O=C(NC(=S)Nc1cccc(Oc2ccccc2)c1)c1ccc(=O)[nH]c1. The lowest BCUT2D eigenvalue weighted by Crippen LogP contribution is -2.34. The van der Waals surface area contributed by atoms with E-state index in [2.05, 4.69) is 15.6 Å². The normalized spacial score (nSPS) is 10.0. The number of anilines is 1. The molecule has 3 rings (SSSR count). The van der Waals surface area contributed by atoms with Crippen LogP contribution in [0.2, 0.25) is 0 Å². The van der Waals surface area contributed by atoms with Crippen molar-refractivity contribution in [2.75, 3.05) is 5.32 Å². The highest BCUT2D eigenvalue weighted by atomic mass is 32.1. The summed E-state index contributed by atoms with van der Waals surface area (Å²) in [7, 11) is 0. The predicted octanol–water partition coefficient (Wildman–Crippen LogP) is 3.29. The van der Waals surface area contributed by atoms with Gasteiger partial charge in [-0.05, 0) is 42.5 Å². The Balaban J connectivity index is 1.62. The number of para-hydroxylation sites is 1. The number of ether oxygens (including phenoxy) is 1. The number of amides is 1. The van der Waals surface area contributed by atoms with Crippen LogP contribution in [0.5, 0.6) is 11.5 Å². The zero-order chi connectivity index (χ0) is 18.4. The number of nitrogens with one attached hydrogen (secondary N) is 3. The summed E-state index contributed by atoms with van der Waals surface area (Å²) in [6.45, 7) is 0. The first-order chi connectivity index (χ1) is 12.6. The number of benzene rings is 2. The highest BCUT2D eigenvalue weighted by Crippen LogP contribution is 2.23. The topological polar surface area (TPSA) is 83.2 Å². The van der Waals surface area contributed by atoms with Gasteiger partial charge in [-0.3, -0.25) is 14.9 Å². The van der Waals surface area contributed by atoms with Crippen molar-refractivity contribution in [3.8, 4) is 11.5 Å². The van der Waals surface area contributed by atoms with Gasteiger partial charge in [0.25, 0.3) is 5.91 Å². The minimum atomic E-state index is -0.421. The lowest BCUT2D eigenvalue weighted by Gasteiger charge is -2.11. The average Bonchev–Trinajstić information content (AvgIpc) is 2.63. The van der Waals surface area contributed by atoms with Crippen molar-refractivity contribution < 1.29 is 9.53 Å². The largest absolute Gasteiger partial charge is 0.457 e. The molecule has 3 aromatic rings. The van der Waals surface area contributed by atoms with E-state index in [0.717, 1.165) is 5.75 Å². The third-order valence-electron chi connectivity index (χ3n) is 3.34. The number of carbonyl (C=O) groups excluding carboxylic acids is 1. The number of hydrogen-bond acceptors (Lipinski definition) is 4. The highest BCUT2D eigenvalue weighted by molar-refractivity contribution is 7.80. The molecule has 0 bridgehead atoms. The molecule has 26 heavy (non-hydrogen) atoms. The van der Waals surface area contributed by atoms with E-state index in [1.807, 2.05) is 42.5 Å². The molecule has 0 aliphatic rings. The smallest absolute Gasteiger partial charge is 0.258 e. The van der Waals surface area contributed by atoms with E-state index >= 15 is 0 Å². The maximum absolute atomic E-state index is 12.1. The molecule has 2 aromatic carbocycles. The molecule has 1 heterocycles. The number of rotatable bonds is 4. The number of carbonyl (C=O) groups is 1. The predicted molar refractivity (Wildman–Crippen MR) is 104 cm³/mol. The Labute approximate surface area is 154 Å². The Hall–Kier alpha value is -3.45. The van der Waals surface area contributed by atoms with Gasteiger partial charge in [-0.15, -0.1) is 0 Å². The third-order valence-corrected chi connectivity index (χ3v) is 3.55. The highest BCUT2D eigenvalue weighted by Gasteiger charge is 2.08. The summed E-state index contributed by atoms with van der Waals surface area (Å²) in [5.74, 6) is 0.935. The molecule has 0 saturated heterocycles. The summed E-state index contributed by atoms with van der Waals surface area (Å²) < 4.78 is 5.76. The van der Waals surface area contributed by atoms with Crippen LogP contribution in [-0.4, -0.2) is 16.0 Å². The van der Waals surface area contributed by atoms with E-state index in [9.17, 15) is 9.59 Å². The van der Waals surface area contributed by atoms with Crippen molar-refractivity contribution in [1.82, 2.24) is 10.3 Å². The molecule has 0 aliphatic heterocycles. The van der Waals surface area contributed by atoms with E-state index in [0.29, 0.717) is 17.0 Å². The number of aromatic nitrogens is 1. The van der Waals surface area contributed by atoms with Gasteiger partial charge in [0, 0.05) is 24.0 Å². The standard InChI is InChI=1S/C19H15N3O3S/c23-17-10-9-13(12-20-17)18(24)22-19(26)21-14-5-4-8-16(11-14)25-15-6-2-1-3-7-15/h1-12H,(H,20,23)(H2,21,22,24,26). The number of H-pyrrole nitrogens is 1. The Morgan fingerprint density at radius 1 is 0.962 bits per heavy atom. The summed E-state index contributed by atoms with van der Waals surface area (Å²) in [5, 5.41) is 5.62. The van der Waals surface area contributed by atoms with Gasteiger partial charge in [0.15, 0.2) is 5.11 Å². The fourth-order valence-corrected chi connectivity index (χ4v) is 2.36. The monoisotopic (exact) mass is 365 g/mol. The van der Waals surface area contributed by atoms with Gasteiger partial charge in [0.1, 0.15) is 11.5 Å². The molecular weight excluding hydrogens is 350 g/mol. The quantitative estimate of drug-likeness (QED) is 0.618. The molecule has 6 nitrogen and oxygen atoms in total. The molecule has 1 amide bonds. The van der Waals surface area contributed by atoms with Gasteiger partial charge in [-0.25, -0.2) is 0 Å². The van der Waals surface area contributed by atoms with Crippen LogP contribution >= 0.6 is 12.2 Å². The molecule has 0 unspecified atom stereocenters. The average molecular weight is 365 g/mol. The zero-order valence-electron chi connectivity index (χ0n) is 13.6. The van der Waals surface area contributed by atoms with E-state index in [4.69, 9.17) is 17.0 Å². The van der Waals surface area contributed by atoms with Crippen LogP contribution in [0.4, 0.5) is 5.69 Å². The summed E-state index contributed by atoms with van der Waals surface area (Å²) in [4.78, 5) is 25.6. The Bertz CT molecular complexity index is 966. The van der Waals surface area contributed by atoms with Crippen LogP contribution in [-0.2, 0) is 0 Å². The maximum atomic E-state index is 12.1. The van der Waals surface area contributed by atoms with Crippen molar-refractivity contribution in [2.45, 2.75) is 0 Å². The first-order valence-corrected chi connectivity index (χ1v) is 8.15. The minimum absolute atomic E-state index is 0.137. The van der Waals surface area contributed by atoms with Gasteiger partial charge in [-0.1, -0.05) is 24.3 Å². The van der Waals surface area contributed by atoms with Gasteiger partial charge >= 0.3 is 0 Å². The Morgan fingerprint density at radius 3 is 2.46 bits per heavy atom. The second kappa shape index (κ2) is 8.09. The third kappa shape index (κ3) is 4.78. The Kier molecular flexibility index (Phi) is 5.40. The van der Waals surface area contributed by atoms with Gasteiger partial charge in [0.2, 0.25) is 5.56 Å². The minimum Gasteiger partial charge on any atom is -0.457 e. The van der Waals surface area contributed by atoms with Crippen molar-refractivity contribution in [3.05, 3.63) is 88.8 Å². The van der Waals surface area contributed by atoms with E-state index in [1.165, 1.54) is 18.3 Å². The molecule has 0 spiro atoms. The molecule has 0 radical (unpaired) electrons. The molecule has 7 heteroatoms. The van der Waals surface area contributed by atoms with Crippen molar-refractivity contribution >= 4 is 28.9 Å². The fraction of sp³-hybridized carbons (Fsp3) is 0. The number of hydrogen-bond donors (Lipinski definition) is 3. The summed E-state index contributed by atoms with van der Waals surface area (Å²) in [6, 6.07) is 19.3. The molecule has 1 aromatic heterocycles. The van der Waals surface area contributed by atoms with Gasteiger partial charge in [-0.2, -0.15) is 0 Å². The van der Waals surface area contributed by atoms with Crippen LogP contribution in [0.1, 0.15) is 10.4 Å². The number of pyridine rings is 1. The van der Waals surface area contributed by atoms with Gasteiger partial charge < -0.3 is 15.0 Å². The Morgan fingerprint density at radius 2 is 1.73 bits per heavy atom. The lowest BCUT2D eigenvalue weighted by molar-refractivity contribution is 0.0977. The summed E-state index contributed by atoms with van der Waals surface area (Å²) in [6.07, 6.45) is 1.33. The molecule has 0 atom stereocenters. The second-order valence-corrected chi connectivity index (χ2v) is 5.70.